The molecule has 0 radical (unpaired) electrons. The van der Waals surface area contributed by atoms with Crippen LogP contribution in [-0.4, -0.2) is 18.9 Å². The lowest BCUT2D eigenvalue weighted by Crippen LogP contribution is -2.41. The Morgan fingerprint density at radius 2 is 1.09 bits per heavy atom. The lowest BCUT2D eigenvalue weighted by Gasteiger charge is -2.29. The smallest absolute Gasteiger partial charge is 0.119 e. The van der Waals surface area contributed by atoms with E-state index in [1.54, 1.807) is 0 Å². The van der Waals surface area contributed by atoms with Gasteiger partial charge in [0.25, 0.3) is 0 Å². The lowest BCUT2D eigenvalue weighted by molar-refractivity contribution is -0.0276. The summed E-state index contributed by atoms with van der Waals surface area (Å²) in [6.07, 6.45) is 21.9. The molecule has 0 unspecified atom stereocenters. The predicted molar refractivity (Wildman–Crippen MR) is 102 cm³/mol. The van der Waals surface area contributed by atoms with Crippen molar-refractivity contribution in [2.24, 2.45) is 0 Å². The molecule has 0 atom stereocenters. The van der Waals surface area contributed by atoms with Gasteiger partial charge in [0, 0.05) is 6.54 Å². The number of rotatable bonds is 16. The molecule has 1 fully saturated rings. The fourth-order valence-electron chi connectivity index (χ4n) is 3.76. The number of ether oxygens (including phenoxy) is 1. The molecule has 0 saturated carbocycles. The van der Waals surface area contributed by atoms with Crippen molar-refractivity contribution in [3.63, 3.8) is 0 Å². The number of unbranched alkanes of at least 4 members (excludes halogenated alkanes) is 12. The van der Waals surface area contributed by atoms with Gasteiger partial charge >= 0.3 is 0 Å². The highest BCUT2D eigenvalue weighted by atomic mass is 16.5. The maximum absolute atomic E-state index is 6.12. The minimum atomic E-state index is 0.0346. The molecule has 0 aliphatic carbocycles. The van der Waals surface area contributed by atoms with E-state index in [4.69, 9.17) is 4.74 Å². The molecule has 138 valence electrons. The Balaban J connectivity index is 2.05. The maximum Gasteiger partial charge on any atom is 0.119 e. The van der Waals surface area contributed by atoms with Crippen LogP contribution in [-0.2, 0) is 4.74 Å². The molecule has 2 nitrogen and oxygen atoms in total. The highest BCUT2D eigenvalue weighted by Crippen LogP contribution is 2.27. The number of nitrogens with one attached hydrogen (secondary N) is 1. The first-order valence-electron chi connectivity index (χ1n) is 10.7. The van der Waals surface area contributed by atoms with Crippen molar-refractivity contribution >= 4 is 0 Å². The van der Waals surface area contributed by atoms with Gasteiger partial charge < -0.3 is 4.74 Å². The van der Waals surface area contributed by atoms with Crippen LogP contribution in [0.15, 0.2) is 0 Å². The minimum absolute atomic E-state index is 0.0346. The van der Waals surface area contributed by atoms with Crippen molar-refractivity contribution in [1.82, 2.24) is 5.32 Å². The summed E-state index contributed by atoms with van der Waals surface area (Å²) in [4.78, 5) is 0. The van der Waals surface area contributed by atoms with Crippen molar-refractivity contribution in [1.29, 1.82) is 0 Å². The molecule has 0 amide bonds. The van der Waals surface area contributed by atoms with E-state index in [1.807, 2.05) is 0 Å². The van der Waals surface area contributed by atoms with E-state index in [9.17, 15) is 0 Å². The first-order valence-corrected chi connectivity index (χ1v) is 10.7. The minimum Gasteiger partial charge on any atom is -0.359 e. The molecule has 1 N–H and O–H groups in total. The Labute approximate surface area is 146 Å². The van der Waals surface area contributed by atoms with Crippen LogP contribution in [0.2, 0.25) is 0 Å². The van der Waals surface area contributed by atoms with Crippen molar-refractivity contribution in [3.8, 4) is 0 Å². The van der Waals surface area contributed by atoms with Gasteiger partial charge in [-0.05, 0) is 25.7 Å². The fourth-order valence-corrected chi connectivity index (χ4v) is 3.76. The van der Waals surface area contributed by atoms with E-state index < -0.39 is 0 Å². The number of hydrogen-bond donors (Lipinski definition) is 1. The van der Waals surface area contributed by atoms with Crippen LogP contribution < -0.4 is 5.32 Å². The third-order valence-electron chi connectivity index (χ3n) is 5.30. The third-order valence-corrected chi connectivity index (χ3v) is 5.30. The van der Waals surface area contributed by atoms with Crippen molar-refractivity contribution in [2.45, 2.75) is 122 Å². The summed E-state index contributed by atoms with van der Waals surface area (Å²) in [5.41, 5.74) is 0.0346. The van der Waals surface area contributed by atoms with Crippen molar-refractivity contribution in [2.75, 3.05) is 13.2 Å². The molecule has 1 aliphatic heterocycles. The van der Waals surface area contributed by atoms with Gasteiger partial charge in [-0.25, -0.2) is 0 Å². The summed E-state index contributed by atoms with van der Waals surface area (Å²) >= 11 is 0. The van der Waals surface area contributed by atoms with Gasteiger partial charge in [0.2, 0.25) is 0 Å². The Morgan fingerprint density at radius 1 is 0.652 bits per heavy atom. The molecular formula is C21H43NO. The summed E-state index contributed by atoms with van der Waals surface area (Å²) in [6, 6.07) is 0. The first-order chi connectivity index (χ1) is 11.3. The molecule has 1 rings (SSSR count). The predicted octanol–water partition coefficient (Wildman–Crippen LogP) is 6.58. The van der Waals surface area contributed by atoms with Gasteiger partial charge in [-0.15, -0.1) is 0 Å². The van der Waals surface area contributed by atoms with Gasteiger partial charge in [0.15, 0.2) is 0 Å². The Bertz CT molecular complexity index is 228. The quantitative estimate of drug-likeness (QED) is 0.323. The first kappa shape index (κ1) is 21.0. The van der Waals surface area contributed by atoms with Crippen LogP contribution >= 0.6 is 0 Å². The van der Waals surface area contributed by atoms with Crippen LogP contribution in [0.1, 0.15) is 117 Å². The molecule has 0 aromatic heterocycles. The summed E-state index contributed by atoms with van der Waals surface area (Å²) in [7, 11) is 0. The van der Waals surface area contributed by atoms with E-state index >= 15 is 0 Å². The molecule has 1 heterocycles. The summed E-state index contributed by atoms with van der Waals surface area (Å²) in [6.45, 7) is 6.54. The molecule has 0 aromatic rings. The van der Waals surface area contributed by atoms with E-state index in [-0.39, 0.29) is 5.72 Å². The zero-order valence-corrected chi connectivity index (χ0v) is 16.1. The van der Waals surface area contributed by atoms with Gasteiger partial charge in [-0.1, -0.05) is 90.9 Å². The molecule has 1 aliphatic rings. The average Bonchev–Trinajstić information content (AvgIpc) is 3.02. The van der Waals surface area contributed by atoms with Crippen LogP contribution in [0.25, 0.3) is 0 Å². The second kappa shape index (κ2) is 14.3. The topological polar surface area (TPSA) is 21.3 Å². The van der Waals surface area contributed by atoms with Crippen molar-refractivity contribution < 1.29 is 4.74 Å². The van der Waals surface area contributed by atoms with Gasteiger partial charge in [-0.3, -0.25) is 5.32 Å². The van der Waals surface area contributed by atoms with Crippen LogP contribution in [0.3, 0.4) is 0 Å². The second-order valence-electron chi connectivity index (χ2n) is 7.51. The largest absolute Gasteiger partial charge is 0.359 e. The zero-order valence-electron chi connectivity index (χ0n) is 16.1. The molecule has 0 aromatic carbocycles. The normalized spacial score (nSPS) is 17.0. The number of hydrogen-bond acceptors (Lipinski definition) is 2. The van der Waals surface area contributed by atoms with Gasteiger partial charge in [0.05, 0.1) is 6.61 Å². The Morgan fingerprint density at radius 3 is 1.48 bits per heavy atom. The lowest BCUT2D eigenvalue weighted by atomic mass is 9.97. The fraction of sp³-hybridized carbons (Fsp3) is 1.00. The van der Waals surface area contributed by atoms with Crippen LogP contribution in [0.5, 0.6) is 0 Å². The molecular weight excluding hydrogens is 282 g/mol. The summed E-state index contributed by atoms with van der Waals surface area (Å²) < 4.78 is 6.12. The summed E-state index contributed by atoms with van der Waals surface area (Å²) in [5, 5.41) is 3.67. The SMILES string of the molecule is CCCCCCCCCC1(CCCCCCCCC)NCCO1. The summed E-state index contributed by atoms with van der Waals surface area (Å²) in [5.74, 6) is 0. The van der Waals surface area contributed by atoms with Gasteiger partial charge in [0.1, 0.15) is 5.72 Å². The molecule has 0 spiro atoms. The van der Waals surface area contributed by atoms with E-state index in [1.165, 1.54) is 103 Å². The Hall–Kier alpha value is -0.0800. The molecule has 2 heteroatoms. The van der Waals surface area contributed by atoms with Crippen molar-refractivity contribution in [3.05, 3.63) is 0 Å². The van der Waals surface area contributed by atoms with E-state index in [0.29, 0.717) is 0 Å². The van der Waals surface area contributed by atoms with Gasteiger partial charge in [-0.2, -0.15) is 0 Å². The van der Waals surface area contributed by atoms with E-state index in [2.05, 4.69) is 19.2 Å². The van der Waals surface area contributed by atoms with Crippen LogP contribution in [0, 0.1) is 0 Å². The molecule has 23 heavy (non-hydrogen) atoms. The highest BCUT2D eigenvalue weighted by molar-refractivity contribution is 4.82. The second-order valence-corrected chi connectivity index (χ2v) is 7.51. The highest BCUT2D eigenvalue weighted by Gasteiger charge is 2.33. The maximum atomic E-state index is 6.12. The van der Waals surface area contributed by atoms with E-state index in [0.717, 1.165) is 13.2 Å². The average molecular weight is 326 g/mol. The third kappa shape index (κ3) is 10.4. The molecule has 1 saturated heterocycles. The monoisotopic (exact) mass is 325 g/mol. The zero-order chi connectivity index (χ0) is 16.6. The Kier molecular flexibility index (Phi) is 13.0. The van der Waals surface area contributed by atoms with Crippen LogP contribution in [0.4, 0.5) is 0 Å². The molecule has 0 bridgehead atoms. The standard InChI is InChI=1S/C21H43NO/c1-3-5-7-9-11-13-15-17-21(22-19-20-23-21)18-16-14-12-10-8-6-4-2/h22H,3-20H2,1-2H3.